The third-order valence-electron chi connectivity index (χ3n) is 4.08. The van der Waals surface area contributed by atoms with Crippen LogP contribution in [0.1, 0.15) is 25.8 Å². The number of nitrogens with zero attached hydrogens (tertiary/aromatic N) is 1. The Kier molecular flexibility index (Phi) is 4.70. The maximum atomic E-state index is 11.6. The van der Waals surface area contributed by atoms with Crippen molar-refractivity contribution in [1.29, 1.82) is 0 Å². The van der Waals surface area contributed by atoms with Crippen molar-refractivity contribution in [3.05, 3.63) is 29.8 Å². The number of phenols is 1. The highest BCUT2D eigenvalue weighted by molar-refractivity contribution is 7.91. The van der Waals surface area contributed by atoms with Gasteiger partial charge in [0.25, 0.3) is 0 Å². The topological polar surface area (TPSA) is 57.6 Å². The van der Waals surface area contributed by atoms with Crippen LogP contribution < -0.4 is 0 Å². The summed E-state index contributed by atoms with van der Waals surface area (Å²) in [6.07, 6.45) is 1.94. The summed E-state index contributed by atoms with van der Waals surface area (Å²) in [6.45, 7) is 4.79. The second kappa shape index (κ2) is 6.14. The molecule has 1 fully saturated rings. The Balaban J connectivity index is 1.89. The van der Waals surface area contributed by atoms with E-state index >= 15 is 0 Å². The van der Waals surface area contributed by atoms with Crippen LogP contribution in [0.3, 0.4) is 0 Å². The second-order valence-electron chi connectivity index (χ2n) is 5.76. The molecule has 2 rings (SSSR count). The molecule has 1 aliphatic rings. The van der Waals surface area contributed by atoms with Crippen molar-refractivity contribution in [2.45, 2.75) is 38.8 Å². The number of phenolic OH excluding ortho intramolecular Hbond substituents is 1. The number of aryl methyl sites for hydroxylation is 1. The van der Waals surface area contributed by atoms with E-state index in [9.17, 15) is 13.5 Å². The molecule has 112 valence electrons. The highest BCUT2D eigenvalue weighted by Gasteiger charge is 2.30. The van der Waals surface area contributed by atoms with E-state index in [1.807, 2.05) is 19.1 Å². The van der Waals surface area contributed by atoms with E-state index in [4.69, 9.17) is 0 Å². The first kappa shape index (κ1) is 15.3. The van der Waals surface area contributed by atoms with Crippen molar-refractivity contribution < 1.29 is 13.5 Å². The lowest BCUT2D eigenvalue weighted by molar-refractivity contribution is 0.161. The summed E-state index contributed by atoms with van der Waals surface area (Å²) in [7, 11) is -2.84. The zero-order valence-corrected chi connectivity index (χ0v) is 12.9. The van der Waals surface area contributed by atoms with Crippen molar-refractivity contribution in [2.75, 3.05) is 18.1 Å². The molecule has 4 nitrogen and oxygen atoms in total. The van der Waals surface area contributed by atoms with E-state index < -0.39 is 9.84 Å². The lowest BCUT2D eigenvalue weighted by Crippen LogP contribution is -2.50. The van der Waals surface area contributed by atoms with Crippen LogP contribution in [0, 0.1) is 0 Å². The van der Waals surface area contributed by atoms with E-state index in [1.165, 1.54) is 5.56 Å². The predicted molar refractivity (Wildman–Crippen MR) is 80.7 cm³/mol. The summed E-state index contributed by atoms with van der Waals surface area (Å²) in [4.78, 5) is 2.29. The van der Waals surface area contributed by atoms with Crippen LogP contribution in [0.2, 0.25) is 0 Å². The molecule has 1 heterocycles. The standard InChI is InChI=1S/C15H23NO3S/c1-12(3-4-14-5-7-15(17)8-6-14)16-9-10-20(18,19)11-13(16)2/h5-8,12-13,17H,3-4,9-11H2,1-2H3. The Morgan fingerprint density at radius 2 is 2.00 bits per heavy atom. The summed E-state index contributed by atoms with van der Waals surface area (Å²) >= 11 is 0. The van der Waals surface area contributed by atoms with E-state index in [1.54, 1.807) is 12.1 Å². The molecule has 0 saturated carbocycles. The van der Waals surface area contributed by atoms with Gasteiger partial charge in [0.15, 0.2) is 9.84 Å². The Hall–Kier alpha value is -1.07. The van der Waals surface area contributed by atoms with Crippen molar-refractivity contribution >= 4 is 9.84 Å². The van der Waals surface area contributed by atoms with E-state index in [0.717, 1.165) is 12.8 Å². The van der Waals surface area contributed by atoms with Crippen LogP contribution >= 0.6 is 0 Å². The minimum atomic E-state index is -2.84. The highest BCUT2D eigenvalue weighted by Crippen LogP contribution is 2.19. The number of aromatic hydroxyl groups is 1. The lowest BCUT2D eigenvalue weighted by atomic mass is 10.0. The van der Waals surface area contributed by atoms with Gasteiger partial charge in [-0.3, -0.25) is 4.90 Å². The van der Waals surface area contributed by atoms with Gasteiger partial charge in [-0.1, -0.05) is 12.1 Å². The van der Waals surface area contributed by atoms with Crippen LogP contribution in [-0.4, -0.2) is 48.6 Å². The monoisotopic (exact) mass is 297 g/mol. The highest BCUT2D eigenvalue weighted by atomic mass is 32.2. The smallest absolute Gasteiger partial charge is 0.153 e. The van der Waals surface area contributed by atoms with Gasteiger partial charge >= 0.3 is 0 Å². The van der Waals surface area contributed by atoms with Gasteiger partial charge in [0.1, 0.15) is 5.75 Å². The number of benzene rings is 1. The molecule has 1 aromatic carbocycles. The fourth-order valence-corrected chi connectivity index (χ4v) is 4.45. The quantitative estimate of drug-likeness (QED) is 0.921. The summed E-state index contributed by atoms with van der Waals surface area (Å²) in [5.41, 5.74) is 1.20. The van der Waals surface area contributed by atoms with Gasteiger partial charge < -0.3 is 5.11 Å². The van der Waals surface area contributed by atoms with Crippen molar-refractivity contribution in [3.63, 3.8) is 0 Å². The molecule has 2 unspecified atom stereocenters. The van der Waals surface area contributed by atoms with E-state index in [0.29, 0.717) is 12.6 Å². The summed E-state index contributed by atoms with van der Waals surface area (Å²) in [5.74, 6) is 0.842. The third-order valence-corrected chi connectivity index (χ3v) is 5.87. The van der Waals surface area contributed by atoms with E-state index in [2.05, 4.69) is 11.8 Å². The maximum absolute atomic E-state index is 11.6. The maximum Gasteiger partial charge on any atom is 0.153 e. The molecule has 1 aromatic rings. The van der Waals surface area contributed by atoms with Gasteiger partial charge in [0, 0.05) is 18.6 Å². The van der Waals surface area contributed by atoms with Gasteiger partial charge in [-0.25, -0.2) is 8.42 Å². The van der Waals surface area contributed by atoms with Crippen molar-refractivity contribution in [2.24, 2.45) is 0 Å². The first-order valence-corrected chi connectivity index (χ1v) is 8.93. The van der Waals surface area contributed by atoms with Gasteiger partial charge in [0.05, 0.1) is 11.5 Å². The third kappa shape index (κ3) is 3.96. The van der Waals surface area contributed by atoms with Gasteiger partial charge in [0.2, 0.25) is 0 Å². The molecule has 0 radical (unpaired) electrons. The number of rotatable bonds is 4. The first-order chi connectivity index (χ1) is 9.37. The fourth-order valence-electron chi connectivity index (χ4n) is 2.87. The normalized spacial score (nSPS) is 24.4. The molecule has 2 atom stereocenters. The average Bonchev–Trinajstić information content (AvgIpc) is 2.36. The van der Waals surface area contributed by atoms with Crippen LogP contribution in [-0.2, 0) is 16.3 Å². The predicted octanol–water partition coefficient (Wildman–Crippen LogP) is 1.83. The van der Waals surface area contributed by atoms with Crippen LogP contribution in [0.25, 0.3) is 0 Å². The molecule has 1 N–H and O–H groups in total. The van der Waals surface area contributed by atoms with Gasteiger partial charge in [-0.15, -0.1) is 0 Å². The van der Waals surface area contributed by atoms with E-state index in [-0.39, 0.29) is 23.3 Å². The Labute approximate surface area is 121 Å². The molecule has 5 heteroatoms. The van der Waals surface area contributed by atoms with Crippen LogP contribution in [0.15, 0.2) is 24.3 Å². The molecule has 1 aliphatic heterocycles. The SMILES string of the molecule is CC(CCc1ccc(O)cc1)N1CCS(=O)(=O)CC1C. The van der Waals surface area contributed by atoms with Crippen molar-refractivity contribution in [1.82, 2.24) is 4.90 Å². The van der Waals surface area contributed by atoms with Crippen LogP contribution in [0.5, 0.6) is 5.75 Å². The molecular weight excluding hydrogens is 274 g/mol. The zero-order chi connectivity index (χ0) is 14.8. The number of sulfone groups is 1. The number of hydrogen-bond donors (Lipinski definition) is 1. The molecule has 0 amide bonds. The summed E-state index contributed by atoms with van der Waals surface area (Å²) < 4.78 is 23.2. The lowest BCUT2D eigenvalue weighted by Gasteiger charge is -2.37. The molecule has 0 aliphatic carbocycles. The Morgan fingerprint density at radius 3 is 2.60 bits per heavy atom. The Bertz CT molecular complexity index is 539. The summed E-state index contributed by atoms with van der Waals surface area (Å²) in [5, 5.41) is 9.26. The summed E-state index contributed by atoms with van der Waals surface area (Å²) in [6, 6.07) is 7.75. The van der Waals surface area contributed by atoms with Gasteiger partial charge in [-0.05, 0) is 44.4 Å². The fraction of sp³-hybridized carbons (Fsp3) is 0.600. The molecule has 0 spiro atoms. The first-order valence-electron chi connectivity index (χ1n) is 7.11. The average molecular weight is 297 g/mol. The Morgan fingerprint density at radius 1 is 1.35 bits per heavy atom. The van der Waals surface area contributed by atoms with Gasteiger partial charge in [-0.2, -0.15) is 0 Å². The van der Waals surface area contributed by atoms with Crippen LogP contribution in [0.4, 0.5) is 0 Å². The largest absolute Gasteiger partial charge is 0.508 e. The van der Waals surface area contributed by atoms with Crippen molar-refractivity contribution in [3.8, 4) is 5.75 Å². The molecule has 1 saturated heterocycles. The molecule has 20 heavy (non-hydrogen) atoms. The minimum Gasteiger partial charge on any atom is -0.508 e. The number of hydrogen-bond acceptors (Lipinski definition) is 4. The zero-order valence-electron chi connectivity index (χ0n) is 12.1. The molecule has 0 aromatic heterocycles. The molecule has 0 bridgehead atoms. The second-order valence-corrected chi connectivity index (χ2v) is 7.98. The molecular formula is C15H23NO3S. The minimum absolute atomic E-state index is 0.101.